The van der Waals surface area contributed by atoms with Gasteiger partial charge in [-0.05, 0) is 37.5 Å². The maximum absolute atomic E-state index is 9.16. The monoisotopic (exact) mass is 284 g/mol. The molecule has 0 unspecified atom stereocenters. The summed E-state index contributed by atoms with van der Waals surface area (Å²) in [6.07, 6.45) is 3.61. The molecule has 1 saturated carbocycles. The summed E-state index contributed by atoms with van der Waals surface area (Å²) in [5.74, 6) is 0. The van der Waals surface area contributed by atoms with Crippen molar-refractivity contribution in [2.75, 3.05) is 18.1 Å². The maximum atomic E-state index is 9.16. The van der Waals surface area contributed by atoms with Gasteiger partial charge in [-0.3, -0.25) is 0 Å². The first-order chi connectivity index (χ1) is 8.63. The zero-order valence-corrected chi connectivity index (χ0v) is 11.7. The number of aliphatic hydroxyl groups is 1. The molecule has 1 aromatic rings. The first-order valence-electron chi connectivity index (χ1n) is 6.10. The lowest BCUT2D eigenvalue weighted by Crippen LogP contribution is -2.42. The fourth-order valence-electron chi connectivity index (χ4n) is 2.21. The van der Waals surface area contributed by atoms with Crippen LogP contribution in [0.2, 0.25) is 5.02 Å². The number of hydrogen-bond donors (Lipinski definition) is 2. The summed E-state index contributed by atoms with van der Waals surface area (Å²) in [5, 5.41) is 9.73. The Balaban J connectivity index is 2.24. The van der Waals surface area contributed by atoms with Crippen molar-refractivity contribution in [2.45, 2.75) is 25.3 Å². The number of nitrogens with two attached hydrogens (primary N) is 1. The minimum atomic E-state index is 0.144. The largest absolute Gasteiger partial charge is 0.395 e. The first kappa shape index (κ1) is 13.6. The normalized spacial score (nSPS) is 15.2. The zero-order valence-electron chi connectivity index (χ0n) is 10.1. The minimum Gasteiger partial charge on any atom is -0.395 e. The molecule has 2 rings (SSSR count). The van der Waals surface area contributed by atoms with Crippen LogP contribution < -0.4 is 10.6 Å². The molecule has 1 aliphatic rings. The molecule has 0 spiro atoms. The zero-order chi connectivity index (χ0) is 13.1. The summed E-state index contributed by atoms with van der Waals surface area (Å²) in [7, 11) is 0. The Morgan fingerprint density at radius 2 is 2.22 bits per heavy atom. The summed E-state index contributed by atoms with van der Waals surface area (Å²) in [5.41, 5.74) is 7.32. The standard InChI is InChI=1S/C13H17ClN2OS/c14-12-8-10(4-5-11(12)13(15)18)16(6-7-17)9-2-1-3-9/h4-5,8-9,17H,1-3,6-7H2,(H2,15,18). The number of halogens is 1. The topological polar surface area (TPSA) is 49.5 Å². The third kappa shape index (κ3) is 2.76. The van der Waals surface area contributed by atoms with Crippen molar-refractivity contribution in [3.8, 4) is 0 Å². The van der Waals surface area contributed by atoms with E-state index in [-0.39, 0.29) is 6.61 Å². The number of aliphatic hydroxyl groups excluding tert-OH is 1. The second kappa shape index (κ2) is 5.87. The van der Waals surface area contributed by atoms with E-state index in [2.05, 4.69) is 4.90 Å². The molecule has 0 aliphatic heterocycles. The van der Waals surface area contributed by atoms with Crippen molar-refractivity contribution >= 4 is 34.5 Å². The van der Waals surface area contributed by atoms with Crippen molar-refractivity contribution < 1.29 is 5.11 Å². The van der Waals surface area contributed by atoms with E-state index in [1.807, 2.05) is 18.2 Å². The van der Waals surface area contributed by atoms with Crippen LogP contribution in [0, 0.1) is 0 Å². The van der Waals surface area contributed by atoms with Crippen LogP contribution in [0.4, 0.5) is 5.69 Å². The molecular weight excluding hydrogens is 268 g/mol. The first-order valence-corrected chi connectivity index (χ1v) is 6.89. The molecule has 1 aromatic carbocycles. The molecule has 0 amide bonds. The second-order valence-corrected chi connectivity index (χ2v) is 5.38. The number of anilines is 1. The Kier molecular flexibility index (Phi) is 4.43. The van der Waals surface area contributed by atoms with Crippen molar-refractivity contribution in [3.05, 3.63) is 28.8 Å². The molecule has 0 radical (unpaired) electrons. The second-order valence-electron chi connectivity index (χ2n) is 4.53. The molecule has 98 valence electrons. The lowest BCUT2D eigenvalue weighted by atomic mass is 9.91. The molecule has 5 heteroatoms. The Morgan fingerprint density at radius 3 is 2.67 bits per heavy atom. The predicted octanol–water partition coefficient (Wildman–Crippen LogP) is 2.33. The number of hydrogen-bond acceptors (Lipinski definition) is 3. The van der Waals surface area contributed by atoms with Gasteiger partial charge in [-0.1, -0.05) is 23.8 Å². The van der Waals surface area contributed by atoms with Crippen LogP contribution in [-0.4, -0.2) is 29.3 Å². The van der Waals surface area contributed by atoms with Crippen LogP contribution in [-0.2, 0) is 0 Å². The molecule has 0 aromatic heterocycles. The van der Waals surface area contributed by atoms with E-state index < -0.39 is 0 Å². The van der Waals surface area contributed by atoms with E-state index in [9.17, 15) is 0 Å². The van der Waals surface area contributed by atoms with Gasteiger partial charge in [0, 0.05) is 23.8 Å². The number of benzene rings is 1. The predicted molar refractivity (Wildman–Crippen MR) is 79.4 cm³/mol. The van der Waals surface area contributed by atoms with Crippen LogP contribution in [0.15, 0.2) is 18.2 Å². The van der Waals surface area contributed by atoms with Gasteiger partial charge in [0.15, 0.2) is 0 Å². The van der Waals surface area contributed by atoms with Gasteiger partial charge in [0.1, 0.15) is 4.99 Å². The van der Waals surface area contributed by atoms with Gasteiger partial charge in [-0.2, -0.15) is 0 Å². The Bertz CT molecular complexity index is 449. The highest BCUT2D eigenvalue weighted by Gasteiger charge is 2.25. The Labute approximate surface area is 118 Å². The average Bonchev–Trinajstić information content (AvgIpc) is 2.25. The van der Waals surface area contributed by atoms with Crippen LogP contribution in [0.1, 0.15) is 24.8 Å². The SMILES string of the molecule is NC(=S)c1ccc(N(CCO)C2CCC2)cc1Cl. The number of thiocarbonyl (C=S) groups is 1. The molecule has 1 aliphatic carbocycles. The fourth-order valence-corrected chi connectivity index (χ4v) is 2.72. The Hall–Kier alpha value is -0.840. The van der Waals surface area contributed by atoms with Gasteiger partial charge in [-0.15, -0.1) is 0 Å². The molecule has 3 nitrogen and oxygen atoms in total. The molecule has 1 fully saturated rings. The minimum absolute atomic E-state index is 0.144. The molecule has 0 saturated heterocycles. The van der Waals surface area contributed by atoms with E-state index in [0.29, 0.717) is 28.2 Å². The van der Waals surface area contributed by atoms with Gasteiger partial charge in [0.2, 0.25) is 0 Å². The highest BCUT2D eigenvalue weighted by Crippen LogP contribution is 2.31. The van der Waals surface area contributed by atoms with E-state index >= 15 is 0 Å². The van der Waals surface area contributed by atoms with Crippen molar-refractivity contribution in [1.29, 1.82) is 0 Å². The molecule has 0 heterocycles. The third-order valence-corrected chi connectivity index (χ3v) is 3.94. The summed E-state index contributed by atoms with van der Waals surface area (Å²) >= 11 is 11.1. The van der Waals surface area contributed by atoms with Gasteiger partial charge >= 0.3 is 0 Å². The number of nitrogens with zero attached hydrogens (tertiary/aromatic N) is 1. The van der Waals surface area contributed by atoms with Crippen LogP contribution in [0.3, 0.4) is 0 Å². The lowest BCUT2D eigenvalue weighted by molar-refractivity contribution is 0.283. The summed E-state index contributed by atoms with van der Waals surface area (Å²) in [6.45, 7) is 0.776. The van der Waals surface area contributed by atoms with E-state index in [4.69, 9.17) is 34.7 Å². The van der Waals surface area contributed by atoms with Gasteiger partial charge in [0.05, 0.1) is 11.6 Å². The molecule has 18 heavy (non-hydrogen) atoms. The maximum Gasteiger partial charge on any atom is 0.105 e. The van der Waals surface area contributed by atoms with Crippen LogP contribution in [0.25, 0.3) is 0 Å². The molecule has 0 bridgehead atoms. The fraction of sp³-hybridized carbons (Fsp3) is 0.462. The molecule has 0 atom stereocenters. The van der Waals surface area contributed by atoms with E-state index in [1.54, 1.807) is 0 Å². The van der Waals surface area contributed by atoms with Gasteiger partial charge in [0.25, 0.3) is 0 Å². The molecule has 3 N–H and O–H groups in total. The van der Waals surface area contributed by atoms with Gasteiger partial charge < -0.3 is 15.7 Å². The van der Waals surface area contributed by atoms with Gasteiger partial charge in [-0.25, -0.2) is 0 Å². The quantitative estimate of drug-likeness (QED) is 0.815. The van der Waals surface area contributed by atoms with E-state index in [1.165, 1.54) is 19.3 Å². The highest BCUT2D eigenvalue weighted by atomic mass is 35.5. The third-order valence-electron chi connectivity index (χ3n) is 3.41. The Morgan fingerprint density at radius 1 is 1.50 bits per heavy atom. The van der Waals surface area contributed by atoms with Crippen molar-refractivity contribution in [2.24, 2.45) is 5.73 Å². The van der Waals surface area contributed by atoms with E-state index in [0.717, 1.165) is 5.69 Å². The van der Waals surface area contributed by atoms with Crippen molar-refractivity contribution in [3.63, 3.8) is 0 Å². The molecular formula is C13H17ClN2OS. The average molecular weight is 285 g/mol. The lowest BCUT2D eigenvalue weighted by Gasteiger charge is -2.39. The smallest absolute Gasteiger partial charge is 0.105 e. The summed E-state index contributed by atoms with van der Waals surface area (Å²) in [6, 6.07) is 6.21. The van der Waals surface area contributed by atoms with Crippen LogP contribution in [0.5, 0.6) is 0 Å². The summed E-state index contributed by atoms with van der Waals surface area (Å²) in [4.78, 5) is 2.52. The van der Waals surface area contributed by atoms with Crippen LogP contribution >= 0.6 is 23.8 Å². The number of rotatable bonds is 5. The highest BCUT2D eigenvalue weighted by molar-refractivity contribution is 7.80. The van der Waals surface area contributed by atoms with Crippen molar-refractivity contribution in [1.82, 2.24) is 0 Å². The summed E-state index contributed by atoms with van der Waals surface area (Å²) < 4.78 is 0.